The van der Waals surface area contributed by atoms with Crippen LogP contribution in [0.5, 0.6) is 5.75 Å². The van der Waals surface area contributed by atoms with Gasteiger partial charge in [0.05, 0.1) is 12.2 Å². The molecule has 3 radical (unpaired) electrons. The van der Waals surface area contributed by atoms with Gasteiger partial charge in [-0.05, 0) is 54.1 Å². The minimum Gasteiger partial charge on any atom is -0.540 e. The molecule has 0 atom stereocenters. The highest BCUT2D eigenvalue weighted by Crippen LogP contribution is 2.47. The summed E-state index contributed by atoms with van der Waals surface area (Å²) in [6.45, 7) is 23.8. The third kappa shape index (κ3) is 4.88. The van der Waals surface area contributed by atoms with E-state index in [9.17, 15) is 5.11 Å². The van der Waals surface area contributed by atoms with Crippen molar-refractivity contribution in [2.24, 2.45) is 0 Å². The van der Waals surface area contributed by atoms with Crippen LogP contribution in [0.3, 0.4) is 0 Å². The zero-order valence-corrected chi connectivity index (χ0v) is 22.7. The Morgan fingerprint density at radius 1 is 1.03 bits per heavy atom. The van der Waals surface area contributed by atoms with Gasteiger partial charge in [0, 0.05) is 37.2 Å². The van der Waals surface area contributed by atoms with Crippen molar-refractivity contribution in [3.63, 3.8) is 0 Å². The van der Waals surface area contributed by atoms with E-state index in [-0.39, 0.29) is 10.5 Å². The fraction of sp³-hybridized carbons (Fsp3) is 0.750. The first-order valence-electron chi connectivity index (χ1n) is 11.0. The average Bonchev–Trinajstić information content (AvgIpc) is 2.60. The Balaban J connectivity index is 2.74. The summed E-state index contributed by atoms with van der Waals surface area (Å²) in [5, 5.41) is 11.7. The van der Waals surface area contributed by atoms with E-state index in [1.165, 1.54) is 11.1 Å². The van der Waals surface area contributed by atoms with Gasteiger partial charge in [0.25, 0.3) is 0 Å². The molecule has 0 bridgehead atoms. The lowest BCUT2D eigenvalue weighted by Gasteiger charge is -2.40. The van der Waals surface area contributed by atoms with Crippen LogP contribution >= 0.6 is 0 Å². The highest BCUT2D eigenvalue weighted by atomic mass is 28.4. The predicted molar refractivity (Wildman–Crippen MR) is 127 cm³/mol. The zero-order chi connectivity index (χ0) is 23.1. The molecule has 6 heteroatoms. The van der Waals surface area contributed by atoms with Crippen LogP contribution in [0.15, 0.2) is 0 Å². The van der Waals surface area contributed by atoms with Crippen molar-refractivity contribution in [2.75, 3.05) is 13.2 Å². The minimum absolute atomic E-state index is 0.0860. The molecule has 1 aromatic carbocycles. The number of hydrogen-bond donors (Lipinski definition) is 1. The van der Waals surface area contributed by atoms with Crippen LogP contribution in [0.2, 0.25) is 18.1 Å². The summed E-state index contributed by atoms with van der Waals surface area (Å²) >= 11 is 0. The maximum absolute atomic E-state index is 11.6. The van der Waals surface area contributed by atoms with Gasteiger partial charge in [-0.15, -0.1) is 0 Å². The molecule has 30 heavy (non-hydrogen) atoms. The molecular formula is C24H41O4Si2. The standard InChI is InChI=1S/C24H41O4Si2/c1-16-17(2)20(24(25)11-13-26-14-12-24)21(28-29)18(19(16)22(3,4)5)15-27-30(9,10)23(6,7)8/h25H,11-15H2,1-10H3. The van der Waals surface area contributed by atoms with Crippen molar-refractivity contribution >= 4 is 18.8 Å². The van der Waals surface area contributed by atoms with Gasteiger partial charge in [0.1, 0.15) is 5.75 Å². The van der Waals surface area contributed by atoms with E-state index in [0.29, 0.717) is 38.4 Å². The van der Waals surface area contributed by atoms with E-state index in [1.54, 1.807) is 0 Å². The molecule has 1 N–H and O–H groups in total. The molecule has 1 fully saturated rings. The molecule has 2 rings (SSSR count). The number of benzene rings is 1. The van der Waals surface area contributed by atoms with Crippen molar-refractivity contribution in [1.82, 2.24) is 0 Å². The third-order valence-corrected chi connectivity index (χ3v) is 11.8. The molecule has 1 aliphatic heterocycles. The van der Waals surface area contributed by atoms with Crippen molar-refractivity contribution in [2.45, 2.75) is 104 Å². The van der Waals surface area contributed by atoms with Crippen LogP contribution in [0.4, 0.5) is 0 Å². The SMILES string of the molecule is Cc1c(C)c(C2(O)CCOCC2)c(O[Si])c(CO[Si](C)(C)C(C)(C)C)c1C(C)(C)C. The van der Waals surface area contributed by atoms with Gasteiger partial charge in [-0.25, -0.2) is 0 Å². The molecule has 1 heterocycles. The van der Waals surface area contributed by atoms with E-state index in [0.717, 1.165) is 16.7 Å². The summed E-state index contributed by atoms with van der Waals surface area (Å²) in [6.07, 6.45) is 1.13. The molecule has 4 nitrogen and oxygen atoms in total. The van der Waals surface area contributed by atoms with Gasteiger partial charge in [-0.3, -0.25) is 0 Å². The van der Waals surface area contributed by atoms with Crippen LogP contribution < -0.4 is 4.43 Å². The van der Waals surface area contributed by atoms with Gasteiger partial charge in [-0.1, -0.05) is 41.5 Å². The maximum Gasteiger partial charge on any atom is 0.341 e. The largest absolute Gasteiger partial charge is 0.540 e. The first kappa shape index (κ1) is 25.6. The third-order valence-electron chi connectivity index (χ3n) is 7.14. The number of rotatable bonds is 5. The van der Waals surface area contributed by atoms with Crippen LogP contribution in [0.1, 0.15) is 82.2 Å². The Morgan fingerprint density at radius 2 is 1.57 bits per heavy atom. The summed E-state index contributed by atoms with van der Waals surface area (Å²) in [7, 11) is 1.37. The van der Waals surface area contributed by atoms with Gasteiger partial charge >= 0.3 is 10.5 Å². The molecule has 1 aromatic rings. The minimum atomic E-state index is -1.97. The second-order valence-corrected chi connectivity index (χ2v) is 16.4. The Bertz CT molecular complexity index is 767. The van der Waals surface area contributed by atoms with Gasteiger partial charge in [-0.2, -0.15) is 0 Å². The molecule has 169 valence electrons. The van der Waals surface area contributed by atoms with Crippen molar-refractivity contribution in [3.05, 3.63) is 27.8 Å². The Morgan fingerprint density at radius 3 is 2.00 bits per heavy atom. The first-order valence-corrected chi connectivity index (χ1v) is 14.3. The fourth-order valence-electron chi connectivity index (χ4n) is 4.29. The van der Waals surface area contributed by atoms with Gasteiger partial charge < -0.3 is 18.7 Å². The topological polar surface area (TPSA) is 47.9 Å². The fourth-order valence-corrected chi connectivity index (χ4v) is 5.45. The van der Waals surface area contributed by atoms with Gasteiger partial charge in [0.15, 0.2) is 8.32 Å². The molecule has 0 amide bonds. The highest BCUT2D eigenvalue weighted by molar-refractivity contribution is 6.74. The Hall–Kier alpha value is -0.666. The van der Waals surface area contributed by atoms with Crippen LogP contribution in [0, 0.1) is 13.8 Å². The van der Waals surface area contributed by atoms with E-state index in [2.05, 4.69) is 79.0 Å². The van der Waals surface area contributed by atoms with Gasteiger partial charge in [0.2, 0.25) is 0 Å². The lowest BCUT2D eigenvalue weighted by molar-refractivity contribution is -0.0690. The molecule has 1 aliphatic rings. The average molecular weight is 450 g/mol. The van der Waals surface area contributed by atoms with Crippen LogP contribution in [-0.2, 0) is 26.8 Å². The second-order valence-electron chi connectivity index (χ2n) is 11.4. The lowest BCUT2D eigenvalue weighted by Crippen LogP contribution is -2.41. The molecule has 0 unspecified atom stereocenters. The molecule has 1 saturated heterocycles. The zero-order valence-electron chi connectivity index (χ0n) is 20.7. The number of hydrogen-bond acceptors (Lipinski definition) is 4. The summed E-state index contributed by atoms with van der Waals surface area (Å²) < 4.78 is 18.1. The molecule has 0 saturated carbocycles. The number of aliphatic hydroxyl groups is 1. The molecule has 0 aromatic heterocycles. The summed E-state index contributed by atoms with van der Waals surface area (Å²) in [5.41, 5.74) is 4.41. The van der Waals surface area contributed by atoms with E-state index < -0.39 is 13.9 Å². The van der Waals surface area contributed by atoms with Crippen LogP contribution in [-0.4, -0.2) is 37.1 Å². The quantitative estimate of drug-likeness (QED) is 0.596. The number of ether oxygens (including phenoxy) is 1. The van der Waals surface area contributed by atoms with E-state index in [4.69, 9.17) is 13.6 Å². The first-order chi connectivity index (χ1) is 13.6. The smallest absolute Gasteiger partial charge is 0.341 e. The van der Waals surface area contributed by atoms with Crippen molar-refractivity contribution in [3.8, 4) is 5.75 Å². The van der Waals surface area contributed by atoms with Crippen molar-refractivity contribution < 1.29 is 18.7 Å². The maximum atomic E-state index is 11.6. The predicted octanol–water partition coefficient (Wildman–Crippen LogP) is 5.58. The van der Waals surface area contributed by atoms with E-state index in [1.807, 2.05) is 0 Å². The van der Waals surface area contributed by atoms with E-state index >= 15 is 0 Å². The molecular weight excluding hydrogens is 408 g/mol. The van der Waals surface area contributed by atoms with Crippen LogP contribution in [0.25, 0.3) is 0 Å². The summed E-state index contributed by atoms with van der Waals surface area (Å²) in [4.78, 5) is 0. The summed E-state index contributed by atoms with van der Waals surface area (Å²) in [5.74, 6) is 0.711. The highest BCUT2D eigenvalue weighted by Gasteiger charge is 2.41. The second kappa shape index (κ2) is 8.70. The normalized spacial score (nSPS) is 17.9. The Labute approximate surface area is 188 Å². The molecule has 0 aliphatic carbocycles. The Kier molecular flexibility index (Phi) is 7.42. The monoisotopic (exact) mass is 449 g/mol. The van der Waals surface area contributed by atoms with Crippen molar-refractivity contribution in [1.29, 1.82) is 0 Å². The summed E-state index contributed by atoms with van der Waals surface area (Å²) in [6, 6.07) is 0. The lowest BCUT2D eigenvalue weighted by atomic mass is 9.74. The molecule has 0 spiro atoms.